The Morgan fingerprint density at radius 1 is 0.658 bits per heavy atom. The molecule has 0 bridgehead atoms. The van der Waals surface area contributed by atoms with E-state index in [9.17, 15) is 9.59 Å². The third-order valence-electron chi connectivity index (χ3n) is 6.46. The van der Waals surface area contributed by atoms with E-state index >= 15 is 0 Å². The number of hydrogen-bond acceptors (Lipinski definition) is 4. The van der Waals surface area contributed by atoms with Crippen molar-refractivity contribution in [2.75, 3.05) is 4.90 Å². The molecular weight excluding hydrogens is 474 g/mol. The van der Waals surface area contributed by atoms with Gasteiger partial charge in [0.25, 0.3) is 11.8 Å². The highest BCUT2D eigenvalue weighted by atomic mass is 16.5. The zero-order chi connectivity index (χ0) is 28.2. The minimum Gasteiger partial charge on any atom is -0.488 e. The van der Waals surface area contributed by atoms with E-state index in [1.165, 1.54) is 4.90 Å². The molecular formula is C33H39NO4. The topological polar surface area (TPSA) is 55.8 Å². The van der Waals surface area contributed by atoms with Gasteiger partial charge in [-0.2, -0.15) is 0 Å². The van der Waals surface area contributed by atoms with Gasteiger partial charge in [-0.25, -0.2) is 4.90 Å². The SMILES string of the molecule is Cc1cccc(N2C(=O)c3ccc(Oc4cc(C(C)(C)C)c(OC(C)(C)C)cc4C(C)(C)C)cc3C2=O)c1. The zero-order valence-corrected chi connectivity index (χ0v) is 24.3. The molecule has 3 aromatic rings. The molecule has 0 saturated carbocycles. The molecule has 0 radical (unpaired) electrons. The number of hydrogen-bond donors (Lipinski definition) is 0. The van der Waals surface area contributed by atoms with E-state index < -0.39 is 0 Å². The largest absolute Gasteiger partial charge is 0.488 e. The first-order valence-electron chi connectivity index (χ1n) is 13.1. The molecule has 1 heterocycles. The summed E-state index contributed by atoms with van der Waals surface area (Å²) in [6.07, 6.45) is 0. The van der Waals surface area contributed by atoms with Crippen LogP contribution in [0.15, 0.2) is 54.6 Å². The highest BCUT2D eigenvalue weighted by Gasteiger charge is 2.37. The van der Waals surface area contributed by atoms with E-state index in [-0.39, 0.29) is 28.2 Å². The van der Waals surface area contributed by atoms with Crippen molar-refractivity contribution in [3.8, 4) is 17.2 Å². The van der Waals surface area contributed by atoms with Crippen molar-refractivity contribution in [1.82, 2.24) is 0 Å². The lowest BCUT2D eigenvalue weighted by Crippen LogP contribution is -2.29. The average Bonchev–Trinajstić information content (AvgIpc) is 3.01. The van der Waals surface area contributed by atoms with Crippen LogP contribution in [0.25, 0.3) is 0 Å². The third-order valence-corrected chi connectivity index (χ3v) is 6.46. The van der Waals surface area contributed by atoms with Crippen LogP contribution in [-0.4, -0.2) is 17.4 Å². The van der Waals surface area contributed by atoms with Gasteiger partial charge in [0.2, 0.25) is 0 Å². The van der Waals surface area contributed by atoms with E-state index in [1.807, 2.05) is 45.9 Å². The molecule has 3 aromatic carbocycles. The van der Waals surface area contributed by atoms with Gasteiger partial charge in [-0.15, -0.1) is 0 Å². The number of carbonyl (C=O) groups excluding carboxylic acids is 2. The van der Waals surface area contributed by atoms with Gasteiger partial charge in [0.15, 0.2) is 0 Å². The number of anilines is 1. The second kappa shape index (κ2) is 9.30. The van der Waals surface area contributed by atoms with Crippen molar-refractivity contribution in [3.63, 3.8) is 0 Å². The fourth-order valence-electron chi connectivity index (χ4n) is 4.64. The normalized spacial score (nSPS) is 14.1. The molecule has 0 saturated heterocycles. The molecule has 5 heteroatoms. The second-order valence-corrected chi connectivity index (χ2v) is 13.2. The summed E-state index contributed by atoms with van der Waals surface area (Å²) >= 11 is 0. The first-order chi connectivity index (χ1) is 17.5. The number of rotatable bonds is 4. The van der Waals surface area contributed by atoms with Gasteiger partial charge in [-0.05, 0) is 86.6 Å². The van der Waals surface area contributed by atoms with Gasteiger partial charge in [0, 0.05) is 11.1 Å². The fraction of sp³-hybridized carbons (Fsp3) is 0.394. The number of fused-ring (bicyclic) bond motifs is 1. The maximum absolute atomic E-state index is 13.3. The van der Waals surface area contributed by atoms with E-state index in [4.69, 9.17) is 9.47 Å². The van der Waals surface area contributed by atoms with Crippen LogP contribution < -0.4 is 14.4 Å². The molecule has 0 fully saturated rings. The number of ether oxygens (including phenoxy) is 2. The van der Waals surface area contributed by atoms with Gasteiger partial charge in [0.1, 0.15) is 22.8 Å². The summed E-state index contributed by atoms with van der Waals surface area (Å²) in [6, 6.07) is 16.6. The molecule has 2 amide bonds. The van der Waals surface area contributed by atoms with Gasteiger partial charge in [-0.3, -0.25) is 9.59 Å². The molecule has 0 aliphatic carbocycles. The maximum atomic E-state index is 13.3. The molecule has 1 aliphatic rings. The van der Waals surface area contributed by atoms with E-state index in [1.54, 1.807) is 24.3 Å². The van der Waals surface area contributed by atoms with Crippen molar-refractivity contribution >= 4 is 17.5 Å². The van der Waals surface area contributed by atoms with Crippen LogP contribution in [0.4, 0.5) is 5.69 Å². The van der Waals surface area contributed by atoms with Crippen LogP contribution in [0.5, 0.6) is 17.2 Å². The summed E-state index contributed by atoms with van der Waals surface area (Å²) in [5.74, 6) is 1.38. The molecule has 0 atom stereocenters. The van der Waals surface area contributed by atoms with Crippen molar-refractivity contribution in [2.45, 2.75) is 85.7 Å². The number of imide groups is 1. The summed E-state index contributed by atoms with van der Waals surface area (Å²) in [6.45, 7) is 20.9. The van der Waals surface area contributed by atoms with Crippen LogP contribution >= 0.6 is 0 Å². The summed E-state index contributed by atoms with van der Waals surface area (Å²) in [7, 11) is 0. The standard InChI is InChI=1S/C33H39NO4/c1-20-12-11-13-21(16-20)34-29(35)23-15-14-22(17-24(23)30(34)36)37-27-18-26(32(5,6)7)28(38-33(8,9)10)19-25(27)31(2,3)4/h11-19H,1-10H3. The van der Waals surface area contributed by atoms with Gasteiger partial charge in [-0.1, -0.05) is 53.7 Å². The van der Waals surface area contributed by atoms with Crippen LogP contribution in [0.1, 0.15) is 99.7 Å². The number of carbonyl (C=O) groups is 2. The summed E-state index contributed by atoms with van der Waals surface area (Å²) in [4.78, 5) is 27.7. The number of benzene rings is 3. The van der Waals surface area contributed by atoms with Crippen LogP contribution in [-0.2, 0) is 10.8 Å². The second-order valence-electron chi connectivity index (χ2n) is 13.2. The zero-order valence-electron chi connectivity index (χ0n) is 24.3. The lowest BCUT2D eigenvalue weighted by molar-refractivity contribution is 0.0926. The Kier molecular flexibility index (Phi) is 6.71. The Hall–Kier alpha value is -3.60. The third kappa shape index (κ3) is 5.47. The monoisotopic (exact) mass is 513 g/mol. The minimum absolute atomic E-state index is 0.191. The van der Waals surface area contributed by atoms with Crippen molar-refractivity contribution in [3.05, 3.63) is 82.4 Å². The summed E-state index contributed by atoms with van der Waals surface area (Å²) in [5, 5.41) is 0. The first kappa shape index (κ1) is 27.4. The van der Waals surface area contributed by atoms with Gasteiger partial charge < -0.3 is 9.47 Å². The predicted octanol–water partition coefficient (Wildman–Crippen LogP) is 8.36. The van der Waals surface area contributed by atoms with Crippen molar-refractivity contribution in [1.29, 1.82) is 0 Å². The van der Waals surface area contributed by atoms with Crippen LogP contribution in [0.2, 0.25) is 0 Å². The Morgan fingerprint density at radius 2 is 1.24 bits per heavy atom. The van der Waals surface area contributed by atoms with E-state index in [0.29, 0.717) is 28.3 Å². The number of amides is 2. The molecule has 0 spiro atoms. The molecule has 0 unspecified atom stereocenters. The summed E-state index contributed by atoms with van der Waals surface area (Å²) in [5.41, 5.74) is 3.52. The Morgan fingerprint density at radius 3 is 1.82 bits per heavy atom. The summed E-state index contributed by atoms with van der Waals surface area (Å²) < 4.78 is 12.9. The van der Waals surface area contributed by atoms with E-state index in [0.717, 1.165) is 22.4 Å². The molecule has 4 rings (SSSR count). The Labute approximate surface area is 226 Å². The van der Waals surface area contributed by atoms with Crippen molar-refractivity contribution in [2.24, 2.45) is 0 Å². The fourth-order valence-corrected chi connectivity index (χ4v) is 4.64. The Bertz CT molecular complexity index is 1410. The molecule has 5 nitrogen and oxygen atoms in total. The van der Waals surface area contributed by atoms with Gasteiger partial charge >= 0.3 is 0 Å². The quantitative estimate of drug-likeness (QED) is 0.329. The van der Waals surface area contributed by atoms with E-state index in [2.05, 4.69) is 53.7 Å². The lowest BCUT2D eigenvalue weighted by Gasteiger charge is -2.32. The Balaban J connectivity index is 1.77. The molecule has 0 N–H and O–H groups in total. The molecule has 1 aliphatic heterocycles. The average molecular weight is 514 g/mol. The number of nitrogens with zero attached hydrogens (tertiary/aromatic N) is 1. The first-order valence-corrected chi connectivity index (χ1v) is 13.1. The maximum Gasteiger partial charge on any atom is 0.266 e. The van der Waals surface area contributed by atoms with Crippen LogP contribution in [0, 0.1) is 6.92 Å². The molecule has 0 aromatic heterocycles. The van der Waals surface area contributed by atoms with Crippen molar-refractivity contribution < 1.29 is 19.1 Å². The lowest BCUT2D eigenvalue weighted by atomic mass is 9.80. The predicted molar refractivity (Wildman–Crippen MR) is 153 cm³/mol. The highest BCUT2D eigenvalue weighted by Crippen LogP contribution is 2.44. The van der Waals surface area contributed by atoms with Gasteiger partial charge in [0.05, 0.1) is 16.8 Å². The molecule has 200 valence electrons. The molecule has 38 heavy (non-hydrogen) atoms. The minimum atomic E-state index is -0.354. The smallest absolute Gasteiger partial charge is 0.266 e. The number of aryl methyl sites for hydroxylation is 1. The highest BCUT2D eigenvalue weighted by molar-refractivity contribution is 6.34. The van der Waals surface area contributed by atoms with Crippen LogP contribution in [0.3, 0.4) is 0 Å².